The number of guanidine groups is 1. The van der Waals surface area contributed by atoms with Crippen LogP contribution in [0.5, 0.6) is 0 Å². The van der Waals surface area contributed by atoms with Gasteiger partial charge in [-0.05, 0) is 17.7 Å². The van der Waals surface area contributed by atoms with Crippen molar-refractivity contribution >= 4 is 44.8 Å². The summed E-state index contributed by atoms with van der Waals surface area (Å²) in [6.07, 6.45) is 1.66. The van der Waals surface area contributed by atoms with E-state index in [9.17, 15) is 0 Å². The maximum Gasteiger partial charge on any atom is 0.224 e. The normalized spacial score (nSPS) is 10.8. The molecule has 0 saturated heterocycles. The van der Waals surface area contributed by atoms with Crippen molar-refractivity contribution in [1.82, 2.24) is 19.5 Å². The number of hydrogen-bond acceptors (Lipinski definition) is 5. The third-order valence-corrected chi connectivity index (χ3v) is 3.49. The number of aliphatic imine (C=N–C) groups is 1. The minimum Gasteiger partial charge on any atom is -0.370 e. The molecule has 0 amide bonds. The molecule has 0 radical (unpaired) electrons. The molecule has 8 nitrogen and oxygen atoms in total. The number of imidazole rings is 1. The zero-order valence-corrected chi connectivity index (χ0v) is 13.0. The average Bonchev–Trinajstić information content (AvgIpc) is 2.84. The summed E-state index contributed by atoms with van der Waals surface area (Å²) < 4.78 is 2.89. The van der Waals surface area contributed by atoms with Crippen molar-refractivity contribution in [2.45, 2.75) is 6.54 Å². The summed E-state index contributed by atoms with van der Waals surface area (Å²) in [6, 6.07) is 7.97. The van der Waals surface area contributed by atoms with Gasteiger partial charge in [-0.15, -0.1) is 0 Å². The summed E-state index contributed by atoms with van der Waals surface area (Å²) in [5, 5.41) is 0. The fourth-order valence-electron chi connectivity index (χ4n) is 2.05. The maximum absolute atomic E-state index is 5.72. The molecule has 112 valence electrons. The first-order valence-electron chi connectivity index (χ1n) is 6.35. The molecule has 0 bridgehead atoms. The molecule has 0 aliphatic carbocycles. The first kappa shape index (κ1) is 14.3. The lowest BCUT2D eigenvalue weighted by Gasteiger charge is -2.05. The van der Waals surface area contributed by atoms with Crippen LogP contribution in [0, 0.1) is 0 Å². The molecule has 0 aliphatic heterocycles. The standard InChI is InChI=1S/C13H13BrN8/c14-8-3-1-7(2-4-8)5-22-6-18-9-10(19-12(15)16)20-13(17)21-11(9)22/h1-4,6H,5H2,(H6,15,16,17,19,20,21). The predicted molar refractivity (Wildman–Crippen MR) is 88.4 cm³/mol. The molecule has 22 heavy (non-hydrogen) atoms. The summed E-state index contributed by atoms with van der Waals surface area (Å²) in [5.74, 6) is 0.240. The Bertz CT molecular complexity index is 848. The van der Waals surface area contributed by atoms with Gasteiger partial charge in [0.1, 0.15) is 0 Å². The molecule has 0 saturated carbocycles. The Morgan fingerprint density at radius 2 is 1.91 bits per heavy atom. The number of nitrogen functional groups attached to an aromatic ring is 1. The Morgan fingerprint density at radius 3 is 2.59 bits per heavy atom. The number of halogens is 1. The Balaban J connectivity index is 2.06. The summed E-state index contributed by atoms with van der Waals surface area (Å²) in [6.45, 7) is 0.599. The van der Waals surface area contributed by atoms with Crippen LogP contribution in [0.25, 0.3) is 11.2 Å². The fourth-order valence-corrected chi connectivity index (χ4v) is 2.31. The molecule has 0 unspecified atom stereocenters. The van der Waals surface area contributed by atoms with Crippen LogP contribution in [0.2, 0.25) is 0 Å². The Hall–Kier alpha value is -2.68. The van der Waals surface area contributed by atoms with Gasteiger partial charge < -0.3 is 21.8 Å². The van der Waals surface area contributed by atoms with E-state index in [0.29, 0.717) is 17.7 Å². The minimum atomic E-state index is -0.109. The first-order chi connectivity index (χ1) is 10.5. The third-order valence-electron chi connectivity index (χ3n) is 2.96. The van der Waals surface area contributed by atoms with E-state index in [1.54, 1.807) is 6.33 Å². The van der Waals surface area contributed by atoms with Gasteiger partial charge in [-0.2, -0.15) is 15.0 Å². The van der Waals surface area contributed by atoms with E-state index in [4.69, 9.17) is 17.2 Å². The largest absolute Gasteiger partial charge is 0.370 e. The van der Waals surface area contributed by atoms with Crippen LogP contribution < -0.4 is 17.2 Å². The fraction of sp³-hybridized carbons (Fsp3) is 0.0769. The highest BCUT2D eigenvalue weighted by molar-refractivity contribution is 9.10. The van der Waals surface area contributed by atoms with E-state index in [0.717, 1.165) is 10.0 Å². The van der Waals surface area contributed by atoms with Crippen LogP contribution in [0.4, 0.5) is 11.8 Å². The van der Waals surface area contributed by atoms with E-state index < -0.39 is 0 Å². The molecule has 0 fully saturated rings. The monoisotopic (exact) mass is 360 g/mol. The quantitative estimate of drug-likeness (QED) is 0.473. The number of nitrogens with two attached hydrogens (primary N) is 3. The zero-order chi connectivity index (χ0) is 15.7. The molecular weight excluding hydrogens is 348 g/mol. The third kappa shape index (κ3) is 2.84. The number of hydrogen-bond donors (Lipinski definition) is 3. The van der Waals surface area contributed by atoms with Crippen LogP contribution in [0.15, 0.2) is 40.1 Å². The van der Waals surface area contributed by atoms with Crippen LogP contribution in [-0.2, 0) is 6.54 Å². The van der Waals surface area contributed by atoms with Crippen LogP contribution >= 0.6 is 15.9 Å². The number of aromatic nitrogens is 4. The Labute approximate surface area is 134 Å². The lowest BCUT2D eigenvalue weighted by molar-refractivity contribution is 0.814. The lowest BCUT2D eigenvalue weighted by Crippen LogP contribution is -2.22. The molecule has 6 N–H and O–H groups in total. The molecule has 2 heterocycles. The maximum atomic E-state index is 5.72. The molecule has 3 aromatic rings. The van der Waals surface area contributed by atoms with E-state index in [-0.39, 0.29) is 17.7 Å². The summed E-state index contributed by atoms with van der Waals surface area (Å²) in [5.41, 5.74) is 18.7. The second kappa shape index (κ2) is 5.60. The van der Waals surface area contributed by atoms with Crippen molar-refractivity contribution in [1.29, 1.82) is 0 Å². The molecule has 0 spiro atoms. The summed E-state index contributed by atoms with van der Waals surface area (Å²) in [7, 11) is 0. The van der Waals surface area contributed by atoms with E-state index >= 15 is 0 Å². The van der Waals surface area contributed by atoms with Crippen molar-refractivity contribution in [3.63, 3.8) is 0 Å². The topological polar surface area (TPSA) is 134 Å². The van der Waals surface area contributed by atoms with Gasteiger partial charge >= 0.3 is 0 Å². The lowest BCUT2D eigenvalue weighted by atomic mass is 10.2. The SMILES string of the molecule is NC(N)=Nc1nc(N)nc2c1ncn2Cc1ccc(Br)cc1. The van der Waals surface area contributed by atoms with Crippen LogP contribution in [0.1, 0.15) is 5.56 Å². The zero-order valence-electron chi connectivity index (χ0n) is 11.4. The van der Waals surface area contributed by atoms with Gasteiger partial charge in [0.25, 0.3) is 0 Å². The van der Waals surface area contributed by atoms with Gasteiger partial charge in [-0.1, -0.05) is 28.1 Å². The second-order valence-corrected chi connectivity index (χ2v) is 5.53. The highest BCUT2D eigenvalue weighted by atomic mass is 79.9. The number of nitrogens with zero attached hydrogens (tertiary/aromatic N) is 5. The molecule has 0 aliphatic rings. The molecule has 9 heteroatoms. The molecule has 1 aromatic carbocycles. The van der Waals surface area contributed by atoms with Crippen molar-refractivity contribution in [3.05, 3.63) is 40.6 Å². The highest BCUT2D eigenvalue weighted by Gasteiger charge is 2.12. The minimum absolute atomic E-state index is 0.0880. The van der Waals surface area contributed by atoms with E-state index in [1.807, 2.05) is 28.8 Å². The van der Waals surface area contributed by atoms with Crippen molar-refractivity contribution in [3.8, 4) is 0 Å². The van der Waals surface area contributed by atoms with Gasteiger partial charge in [-0.3, -0.25) is 0 Å². The number of rotatable bonds is 3. The Morgan fingerprint density at radius 1 is 1.18 bits per heavy atom. The molecule has 0 atom stereocenters. The van der Waals surface area contributed by atoms with Crippen molar-refractivity contribution < 1.29 is 0 Å². The highest BCUT2D eigenvalue weighted by Crippen LogP contribution is 2.23. The van der Waals surface area contributed by atoms with E-state index in [2.05, 4.69) is 35.9 Å². The van der Waals surface area contributed by atoms with Gasteiger partial charge in [0, 0.05) is 4.47 Å². The number of benzene rings is 1. The van der Waals surface area contributed by atoms with Gasteiger partial charge in [-0.25, -0.2) is 4.98 Å². The van der Waals surface area contributed by atoms with Crippen LogP contribution in [0.3, 0.4) is 0 Å². The van der Waals surface area contributed by atoms with Crippen molar-refractivity contribution in [2.75, 3.05) is 5.73 Å². The summed E-state index contributed by atoms with van der Waals surface area (Å²) in [4.78, 5) is 16.5. The number of fused-ring (bicyclic) bond motifs is 1. The summed E-state index contributed by atoms with van der Waals surface area (Å²) >= 11 is 3.41. The van der Waals surface area contributed by atoms with Crippen molar-refractivity contribution in [2.24, 2.45) is 16.5 Å². The first-order valence-corrected chi connectivity index (χ1v) is 7.14. The predicted octanol–water partition coefficient (Wildman–Crippen LogP) is 1.12. The van der Waals surface area contributed by atoms with Gasteiger partial charge in [0.05, 0.1) is 12.9 Å². The number of anilines is 1. The molecule has 3 rings (SSSR count). The average molecular weight is 361 g/mol. The van der Waals surface area contributed by atoms with E-state index in [1.165, 1.54) is 0 Å². The second-order valence-electron chi connectivity index (χ2n) is 4.61. The van der Waals surface area contributed by atoms with Crippen LogP contribution in [-0.4, -0.2) is 25.5 Å². The van der Waals surface area contributed by atoms with Gasteiger partial charge in [0.15, 0.2) is 22.9 Å². The Kier molecular flexibility index (Phi) is 3.63. The molecular formula is C13H13BrN8. The van der Waals surface area contributed by atoms with Gasteiger partial charge in [0.2, 0.25) is 5.95 Å². The molecule has 2 aromatic heterocycles. The smallest absolute Gasteiger partial charge is 0.224 e.